The normalized spacial score (nSPS) is 13.1. The maximum atomic E-state index is 12.3. The van der Waals surface area contributed by atoms with Crippen LogP contribution >= 0.6 is 0 Å². The van der Waals surface area contributed by atoms with Crippen molar-refractivity contribution < 1.29 is 14.5 Å². The number of rotatable bonds is 7. The number of likely N-dealkylation sites (tertiary alicyclic amines) is 1. The molecule has 8 heteroatoms. The first-order valence-electron chi connectivity index (χ1n) is 10.7. The van der Waals surface area contributed by atoms with Crippen molar-refractivity contribution in [3.63, 3.8) is 0 Å². The van der Waals surface area contributed by atoms with E-state index in [-0.39, 0.29) is 11.6 Å². The van der Waals surface area contributed by atoms with Crippen LogP contribution in [-0.2, 0) is 17.9 Å². The van der Waals surface area contributed by atoms with Crippen LogP contribution in [0.5, 0.6) is 0 Å². The molecule has 1 heterocycles. The first-order valence-corrected chi connectivity index (χ1v) is 10.7. The molecule has 0 aromatic heterocycles. The van der Waals surface area contributed by atoms with Gasteiger partial charge in [0.1, 0.15) is 0 Å². The molecule has 3 aromatic carbocycles. The molecule has 0 radical (unpaired) electrons. The molecule has 1 fully saturated rings. The number of hydrogen-bond donors (Lipinski definition) is 2. The van der Waals surface area contributed by atoms with Crippen LogP contribution in [-0.4, -0.2) is 28.3 Å². The van der Waals surface area contributed by atoms with Crippen molar-refractivity contribution in [1.82, 2.24) is 10.2 Å². The maximum absolute atomic E-state index is 12.3. The number of nitrogens with zero attached hydrogens (tertiary/aromatic N) is 2. The number of hydrogen-bond acceptors (Lipinski definition) is 4. The zero-order chi connectivity index (χ0) is 23.2. The number of carbonyl (C=O) groups excluding carboxylic acids is 2. The summed E-state index contributed by atoms with van der Waals surface area (Å²) in [6.45, 7) is 1.73. The fraction of sp³-hybridized carbons (Fsp3) is 0.200. The van der Waals surface area contributed by atoms with Crippen LogP contribution in [0.2, 0.25) is 0 Å². The minimum atomic E-state index is -0.506. The van der Waals surface area contributed by atoms with Crippen molar-refractivity contribution in [2.75, 3.05) is 11.9 Å². The van der Waals surface area contributed by atoms with Crippen molar-refractivity contribution in [2.24, 2.45) is 0 Å². The number of amides is 3. The Labute approximate surface area is 191 Å². The van der Waals surface area contributed by atoms with E-state index >= 15 is 0 Å². The quantitative estimate of drug-likeness (QED) is 0.407. The fourth-order valence-corrected chi connectivity index (χ4v) is 3.89. The predicted octanol–water partition coefficient (Wildman–Crippen LogP) is 4.71. The molecular formula is C25H24N4O4. The summed E-state index contributed by atoms with van der Waals surface area (Å²) in [5, 5.41) is 16.3. The number of nitro benzene ring substituents is 1. The van der Waals surface area contributed by atoms with E-state index in [1.54, 1.807) is 6.07 Å². The number of nitro groups is 1. The Morgan fingerprint density at radius 3 is 2.55 bits per heavy atom. The second-order valence-corrected chi connectivity index (χ2v) is 7.89. The van der Waals surface area contributed by atoms with Crippen LogP contribution in [0.1, 0.15) is 24.0 Å². The maximum Gasteiger partial charge on any atom is 0.319 e. The highest BCUT2D eigenvalue weighted by Gasteiger charge is 2.20. The van der Waals surface area contributed by atoms with Gasteiger partial charge in [0.15, 0.2) is 0 Å². The van der Waals surface area contributed by atoms with Gasteiger partial charge in [0.25, 0.3) is 5.69 Å². The molecule has 0 spiro atoms. The van der Waals surface area contributed by atoms with E-state index in [0.29, 0.717) is 25.2 Å². The Morgan fingerprint density at radius 2 is 1.82 bits per heavy atom. The van der Waals surface area contributed by atoms with E-state index in [4.69, 9.17) is 0 Å². The molecule has 2 N–H and O–H groups in total. The van der Waals surface area contributed by atoms with Crippen molar-refractivity contribution in [2.45, 2.75) is 25.9 Å². The van der Waals surface area contributed by atoms with Crippen LogP contribution in [0.25, 0.3) is 11.1 Å². The summed E-state index contributed by atoms with van der Waals surface area (Å²) in [4.78, 5) is 36.5. The Kier molecular flexibility index (Phi) is 6.64. The number of urea groups is 1. The Morgan fingerprint density at radius 1 is 1.03 bits per heavy atom. The summed E-state index contributed by atoms with van der Waals surface area (Å²) in [5.41, 5.74) is 4.30. The third-order valence-corrected chi connectivity index (χ3v) is 5.58. The summed E-state index contributed by atoms with van der Waals surface area (Å²) < 4.78 is 0. The average molecular weight is 444 g/mol. The van der Waals surface area contributed by atoms with Crippen molar-refractivity contribution >= 4 is 23.3 Å². The molecule has 1 saturated heterocycles. The summed E-state index contributed by atoms with van der Waals surface area (Å²) in [6, 6.07) is 21.2. The monoisotopic (exact) mass is 444 g/mol. The van der Waals surface area contributed by atoms with Crippen LogP contribution < -0.4 is 10.6 Å². The topological polar surface area (TPSA) is 105 Å². The van der Waals surface area contributed by atoms with Crippen LogP contribution in [0.3, 0.4) is 0 Å². The summed E-state index contributed by atoms with van der Waals surface area (Å²) in [5.74, 6) is 0.207. The van der Waals surface area contributed by atoms with E-state index < -0.39 is 11.0 Å². The molecule has 3 amide bonds. The average Bonchev–Trinajstić information content (AvgIpc) is 3.23. The molecule has 1 aliphatic heterocycles. The molecule has 33 heavy (non-hydrogen) atoms. The second-order valence-electron chi connectivity index (χ2n) is 7.89. The van der Waals surface area contributed by atoms with E-state index in [1.165, 1.54) is 18.2 Å². The number of non-ortho nitro benzene ring substituents is 1. The minimum Gasteiger partial charge on any atom is -0.338 e. The zero-order valence-corrected chi connectivity index (χ0v) is 18.0. The SMILES string of the molecule is O=C(NCc1ccccc1-c1ccc(CN2CCCC2=O)cc1)Nc1cccc([N+](=O)[O-])c1. The van der Waals surface area contributed by atoms with Gasteiger partial charge in [-0.2, -0.15) is 0 Å². The standard InChI is InChI=1S/C25H24N4O4/c30-24-9-4-14-28(24)17-18-10-12-19(13-11-18)23-8-2-1-5-20(23)16-26-25(31)27-21-6-3-7-22(15-21)29(32)33/h1-3,5-8,10-13,15H,4,9,14,16-17H2,(H2,26,27,31). The molecule has 0 bridgehead atoms. The first kappa shape index (κ1) is 22.0. The van der Waals surface area contributed by atoms with Gasteiger partial charge in [-0.15, -0.1) is 0 Å². The van der Waals surface area contributed by atoms with Crippen molar-refractivity contribution in [3.05, 3.63) is 94.0 Å². The Hall–Kier alpha value is -4.20. The molecule has 0 saturated carbocycles. The molecule has 4 rings (SSSR count). The van der Waals surface area contributed by atoms with Crippen molar-refractivity contribution in [1.29, 1.82) is 0 Å². The summed E-state index contributed by atoms with van der Waals surface area (Å²) in [6.07, 6.45) is 1.55. The number of carbonyl (C=O) groups is 2. The number of anilines is 1. The molecule has 0 aliphatic carbocycles. The van der Waals surface area contributed by atoms with Crippen LogP contribution in [0.15, 0.2) is 72.8 Å². The second kappa shape index (κ2) is 9.95. The van der Waals surface area contributed by atoms with Gasteiger partial charge in [-0.05, 0) is 34.7 Å². The lowest BCUT2D eigenvalue weighted by Gasteiger charge is -2.16. The summed E-state index contributed by atoms with van der Waals surface area (Å²) in [7, 11) is 0. The van der Waals surface area contributed by atoms with Gasteiger partial charge in [0.05, 0.1) is 4.92 Å². The fourth-order valence-electron chi connectivity index (χ4n) is 3.89. The molecule has 0 atom stereocenters. The highest BCUT2D eigenvalue weighted by atomic mass is 16.6. The van der Waals surface area contributed by atoms with Gasteiger partial charge in [-0.25, -0.2) is 4.79 Å². The highest BCUT2D eigenvalue weighted by Crippen LogP contribution is 2.25. The molecule has 8 nitrogen and oxygen atoms in total. The summed E-state index contributed by atoms with van der Waals surface area (Å²) >= 11 is 0. The lowest BCUT2D eigenvalue weighted by molar-refractivity contribution is -0.384. The zero-order valence-electron chi connectivity index (χ0n) is 18.0. The van der Waals surface area contributed by atoms with Crippen LogP contribution in [0, 0.1) is 10.1 Å². The van der Waals surface area contributed by atoms with E-state index in [1.807, 2.05) is 53.4 Å². The van der Waals surface area contributed by atoms with E-state index in [2.05, 4.69) is 10.6 Å². The molecule has 1 aliphatic rings. The van der Waals surface area contributed by atoms with Gasteiger partial charge >= 0.3 is 6.03 Å². The molecular weight excluding hydrogens is 420 g/mol. The van der Waals surface area contributed by atoms with E-state index in [9.17, 15) is 19.7 Å². The largest absolute Gasteiger partial charge is 0.338 e. The third kappa shape index (κ3) is 5.54. The lowest BCUT2D eigenvalue weighted by atomic mass is 9.98. The highest BCUT2D eigenvalue weighted by molar-refractivity contribution is 5.89. The minimum absolute atomic E-state index is 0.0873. The smallest absolute Gasteiger partial charge is 0.319 e. The van der Waals surface area contributed by atoms with E-state index in [0.717, 1.165) is 35.2 Å². The van der Waals surface area contributed by atoms with Gasteiger partial charge in [-0.1, -0.05) is 54.6 Å². The number of nitrogens with one attached hydrogen (secondary N) is 2. The van der Waals surface area contributed by atoms with Gasteiger partial charge in [0, 0.05) is 43.9 Å². The predicted molar refractivity (Wildman–Crippen MR) is 125 cm³/mol. The molecule has 168 valence electrons. The molecule has 3 aromatic rings. The first-order chi connectivity index (χ1) is 16.0. The van der Waals surface area contributed by atoms with Crippen LogP contribution in [0.4, 0.5) is 16.2 Å². The number of benzene rings is 3. The van der Waals surface area contributed by atoms with Crippen molar-refractivity contribution in [3.8, 4) is 11.1 Å². The Balaban J connectivity index is 1.40. The van der Waals surface area contributed by atoms with Gasteiger partial charge < -0.3 is 15.5 Å². The lowest BCUT2D eigenvalue weighted by Crippen LogP contribution is -2.28. The molecule has 0 unspecified atom stereocenters. The third-order valence-electron chi connectivity index (χ3n) is 5.58. The van der Waals surface area contributed by atoms with Gasteiger partial charge in [0.2, 0.25) is 5.91 Å². The Bertz CT molecular complexity index is 1180. The van der Waals surface area contributed by atoms with Gasteiger partial charge in [-0.3, -0.25) is 14.9 Å².